The molecule has 0 atom stereocenters. The third kappa shape index (κ3) is 4.43. The Kier molecular flexibility index (Phi) is 6.47. The Hall–Kier alpha value is -7.68. The van der Waals surface area contributed by atoms with Crippen LogP contribution in [0.25, 0.3) is 131 Å². The van der Waals surface area contributed by atoms with Gasteiger partial charge in [-0.2, -0.15) is 0 Å². The van der Waals surface area contributed by atoms with Crippen molar-refractivity contribution in [3.63, 3.8) is 0 Å². The van der Waals surface area contributed by atoms with Crippen LogP contribution in [0.2, 0.25) is 0 Å². The molecule has 0 saturated heterocycles. The zero-order valence-corrected chi connectivity index (χ0v) is 31.3. The minimum Gasteiger partial charge on any atom is -0.455 e. The van der Waals surface area contributed by atoms with Crippen LogP contribution in [-0.4, -0.2) is 0 Å². The highest BCUT2D eigenvalue weighted by atomic mass is 16.3. The number of hydrogen-bond donors (Lipinski definition) is 0. The highest BCUT2D eigenvalue weighted by Crippen LogP contribution is 2.47. The van der Waals surface area contributed by atoms with Crippen molar-refractivity contribution in [2.45, 2.75) is 0 Å². The van der Waals surface area contributed by atoms with E-state index in [0.717, 1.165) is 65.8 Å². The average molecular weight is 737 g/mol. The van der Waals surface area contributed by atoms with Crippen LogP contribution in [0.3, 0.4) is 0 Å². The van der Waals surface area contributed by atoms with Crippen molar-refractivity contribution in [3.05, 3.63) is 194 Å². The lowest BCUT2D eigenvalue weighted by atomic mass is 9.84. The number of furan rings is 2. The zero-order valence-electron chi connectivity index (χ0n) is 31.3. The Bertz CT molecular complexity index is 3800. The first-order chi connectivity index (χ1) is 28.8. The lowest BCUT2D eigenvalue weighted by Crippen LogP contribution is -1.91. The summed E-state index contributed by atoms with van der Waals surface area (Å²) in [6.45, 7) is 0. The van der Waals surface area contributed by atoms with E-state index in [9.17, 15) is 0 Å². The van der Waals surface area contributed by atoms with Gasteiger partial charge in [0, 0.05) is 32.3 Å². The highest BCUT2D eigenvalue weighted by molar-refractivity contribution is 6.34. The second kappa shape index (κ2) is 11.9. The summed E-state index contributed by atoms with van der Waals surface area (Å²) in [6, 6.07) is 70.3. The van der Waals surface area contributed by atoms with Gasteiger partial charge in [-0.15, -0.1) is 0 Å². The first kappa shape index (κ1) is 31.5. The van der Waals surface area contributed by atoms with E-state index >= 15 is 0 Å². The molecule has 2 nitrogen and oxygen atoms in total. The van der Waals surface area contributed by atoms with Crippen LogP contribution in [0.5, 0.6) is 0 Å². The summed E-state index contributed by atoms with van der Waals surface area (Å²) in [6.07, 6.45) is 0. The van der Waals surface area contributed by atoms with Crippen molar-refractivity contribution in [2.24, 2.45) is 0 Å². The third-order valence-corrected chi connectivity index (χ3v) is 12.4. The van der Waals surface area contributed by atoms with E-state index in [1.54, 1.807) is 0 Å². The van der Waals surface area contributed by atoms with Crippen LogP contribution in [0.1, 0.15) is 0 Å². The normalized spacial score (nSPS) is 12.1. The van der Waals surface area contributed by atoms with E-state index in [4.69, 9.17) is 8.83 Å². The summed E-state index contributed by atoms with van der Waals surface area (Å²) < 4.78 is 13.3. The third-order valence-electron chi connectivity index (χ3n) is 12.4. The van der Waals surface area contributed by atoms with E-state index in [1.165, 1.54) is 65.3 Å². The second-order valence-corrected chi connectivity index (χ2v) is 15.5. The van der Waals surface area contributed by atoms with Crippen molar-refractivity contribution >= 4 is 97.7 Å². The fraction of sp³-hybridized carbons (Fsp3) is 0. The molecule has 0 aliphatic heterocycles. The molecule has 13 aromatic rings. The Morgan fingerprint density at radius 2 is 0.724 bits per heavy atom. The molecule has 2 heteroatoms. The van der Waals surface area contributed by atoms with Gasteiger partial charge in [-0.3, -0.25) is 0 Å². The topological polar surface area (TPSA) is 26.3 Å². The summed E-state index contributed by atoms with van der Waals surface area (Å²) in [5.74, 6) is 0. The monoisotopic (exact) mass is 736 g/mol. The molecule has 11 aromatic carbocycles. The minimum atomic E-state index is 0.872. The maximum Gasteiger partial charge on any atom is 0.144 e. The maximum absolute atomic E-state index is 6.79. The zero-order chi connectivity index (χ0) is 37.9. The Balaban J connectivity index is 0.963. The number of fused-ring (bicyclic) bond motifs is 14. The summed E-state index contributed by atoms with van der Waals surface area (Å²) in [5, 5.41) is 16.5. The number of hydrogen-bond acceptors (Lipinski definition) is 2. The molecular weight excluding hydrogens is 705 g/mol. The fourth-order valence-corrected chi connectivity index (χ4v) is 9.83. The Morgan fingerprint density at radius 3 is 1.41 bits per heavy atom. The van der Waals surface area contributed by atoms with Crippen molar-refractivity contribution in [3.8, 4) is 33.4 Å². The van der Waals surface area contributed by atoms with Gasteiger partial charge in [-0.25, -0.2) is 0 Å². The SMILES string of the molecule is c1ccc2c(-c3c4ccccc4c(-c4ccc5cc(-c6ccc7c(c6)oc6c8ccccc8c8oc9ccccc9c8c76)ccc5c4)c4ccccc34)cccc2c1. The molecule has 0 radical (unpaired) electrons. The quantitative estimate of drug-likeness (QED) is 0.169. The predicted octanol–water partition coefficient (Wildman–Crippen LogP) is 16.3. The standard InChI is InChI=1S/C56H32O2/c1-2-14-39-33(12-1)13-11-22-40(39)52-43-17-5-3-15-41(43)51(42-16-4-6-18-44(42)52)38-27-26-34-30-35(24-25-36(34)31-38)37-28-29-48-50(32-37)58-56-46-20-8-7-19-45(46)55-53(54(48)56)47-21-9-10-23-49(47)57-55/h1-32H. The summed E-state index contributed by atoms with van der Waals surface area (Å²) in [7, 11) is 0. The molecule has 58 heavy (non-hydrogen) atoms. The molecule has 2 aromatic heterocycles. The molecule has 0 amide bonds. The van der Waals surface area contributed by atoms with Gasteiger partial charge >= 0.3 is 0 Å². The molecule has 0 aliphatic carbocycles. The molecule has 0 N–H and O–H groups in total. The van der Waals surface area contributed by atoms with Gasteiger partial charge in [0.2, 0.25) is 0 Å². The lowest BCUT2D eigenvalue weighted by molar-refractivity contribution is 0.668. The van der Waals surface area contributed by atoms with Crippen molar-refractivity contribution in [2.75, 3.05) is 0 Å². The predicted molar refractivity (Wildman–Crippen MR) is 245 cm³/mol. The molecule has 0 saturated carbocycles. The van der Waals surface area contributed by atoms with Gasteiger partial charge in [-0.05, 0) is 107 Å². The molecule has 2 heterocycles. The molecule has 268 valence electrons. The van der Waals surface area contributed by atoms with Crippen molar-refractivity contribution in [1.82, 2.24) is 0 Å². The first-order valence-corrected chi connectivity index (χ1v) is 19.9. The minimum absolute atomic E-state index is 0.872. The van der Waals surface area contributed by atoms with Gasteiger partial charge in [0.15, 0.2) is 0 Å². The van der Waals surface area contributed by atoms with E-state index in [-0.39, 0.29) is 0 Å². The Morgan fingerprint density at radius 1 is 0.259 bits per heavy atom. The largest absolute Gasteiger partial charge is 0.455 e. The smallest absolute Gasteiger partial charge is 0.144 e. The summed E-state index contributed by atoms with van der Waals surface area (Å²) >= 11 is 0. The first-order valence-electron chi connectivity index (χ1n) is 19.9. The van der Waals surface area contributed by atoms with Gasteiger partial charge in [0.05, 0.1) is 0 Å². The van der Waals surface area contributed by atoms with Crippen LogP contribution in [0.4, 0.5) is 0 Å². The van der Waals surface area contributed by atoms with Crippen molar-refractivity contribution < 1.29 is 8.83 Å². The molecule has 0 fully saturated rings. The fourth-order valence-electron chi connectivity index (χ4n) is 9.83. The van der Waals surface area contributed by atoms with Crippen LogP contribution in [0.15, 0.2) is 203 Å². The molecular formula is C56H32O2. The number of para-hydroxylation sites is 1. The lowest BCUT2D eigenvalue weighted by Gasteiger charge is -2.19. The summed E-state index contributed by atoms with van der Waals surface area (Å²) in [5.41, 5.74) is 10.9. The Labute approximate surface area is 332 Å². The molecule has 0 bridgehead atoms. The van der Waals surface area contributed by atoms with Gasteiger partial charge in [0.25, 0.3) is 0 Å². The molecule has 0 unspecified atom stereocenters. The van der Waals surface area contributed by atoms with Crippen LogP contribution in [-0.2, 0) is 0 Å². The molecule has 13 rings (SSSR count). The van der Waals surface area contributed by atoms with E-state index in [0.29, 0.717) is 0 Å². The number of benzene rings is 11. The van der Waals surface area contributed by atoms with E-state index in [1.807, 2.05) is 12.1 Å². The van der Waals surface area contributed by atoms with Crippen LogP contribution in [0, 0.1) is 0 Å². The van der Waals surface area contributed by atoms with Crippen LogP contribution < -0.4 is 0 Å². The second-order valence-electron chi connectivity index (χ2n) is 15.5. The number of rotatable bonds is 3. The molecule has 0 aliphatic rings. The van der Waals surface area contributed by atoms with Gasteiger partial charge in [-0.1, -0.05) is 164 Å². The maximum atomic E-state index is 6.79. The average Bonchev–Trinajstić information content (AvgIpc) is 3.87. The van der Waals surface area contributed by atoms with E-state index in [2.05, 4.69) is 182 Å². The highest BCUT2D eigenvalue weighted by Gasteiger charge is 2.22. The van der Waals surface area contributed by atoms with Crippen molar-refractivity contribution in [1.29, 1.82) is 0 Å². The molecule has 0 spiro atoms. The van der Waals surface area contributed by atoms with E-state index < -0.39 is 0 Å². The van der Waals surface area contributed by atoms with Gasteiger partial charge in [0.1, 0.15) is 22.3 Å². The van der Waals surface area contributed by atoms with Crippen LogP contribution >= 0.6 is 0 Å². The van der Waals surface area contributed by atoms with Gasteiger partial charge < -0.3 is 8.83 Å². The summed E-state index contributed by atoms with van der Waals surface area (Å²) in [4.78, 5) is 0.